The van der Waals surface area contributed by atoms with Crippen molar-refractivity contribution in [2.45, 2.75) is 26.3 Å². The van der Waals surface area contributed by atoms with Crippen LogP contribution in [0.2, 0.25) is 0 Å². The molecule has 2 N–H and O–H groups in total. The van der Waals surface area contributed by atoms with Crippen LogP contribution in [-0.4, -0.2) is 35.6 Å². The highest BCUT2D eigenvalue weighted by Gasteiger charge is 2.24. The van der Waals surface area contributed by atoms with Crippen LogP contribution < -0.4 is 5.32 Å². The Labute approximate surface area is 150 Å². The summed E-state index contributed by atoms with van der Waals surface area (Å²) < 4.78 is 0. The quantitative estimate of drug-likeness (QED) is 0.649. The van der Waals surface area contributed by atoms with Gasteiger partial charge in [0.25, 0.3) is 0 Å². The number of rotatable bonds is 5. The van der Waals surface area contributed by atoms with Gasteiger partial charge < -0.3 is 15.3 Å². The minimum absolute atomic E-state index is 0.294. The SMILES string of the molecule is CCNC(=NCc1ccc(O)cc1)N1CCC(Cc2ccccc2)C1. The van der Waals surface area contributed by atoms with Gasteiger partial charge in [-0.25, -0.2) is 4.99 Å². The second-order valence-corrected chi connectivity index (χ2v) is 6.63. The van der Waals surface area contributed by atoms with E-state index in [9.17, 15) is 5.11 Å². The summed E-state index contributed by atoms with van der Waals surface area (Å²) in [5.41, 5.74) is 2.52. The highest BCUT2D eigenvalue weighted by Crippen LogP contribution is 2.21. The number of aromatic hydroxyl groups is 1. The molecule has 0 radical (unpaired) electrons. The average molecular weight is 337 g/mol. The van der Waals surface area contributed by atoms with Crippen LogP contribution in [0.5, 0.6) is 5.75 Å². The Balaban J connectivity index is 1.60. The van der Waals surface area contributed by atoms with Crippen LogP contribution in [0.4, 0.5) is 0 Å². The first-order valence-corrected chi connectivity index (χ1v) is 9.09. The first kappa shape index (κ1) is 17.3. The van der Waals surface area contributed by atoms with Gasteiger partial charge in [0, 0.05) is 19.6 Å². The van der Waals surface area contributed by atoms with Crippen LogP contribution in [0, 0.1) is 5.92 Å². The van der Waals surface area contributed by atoms with Crippen molar-refractivity contribution in [3.05, 3.63) is 65.7 Å². The van der Waals surface area contributed by atoms with Crippen molar-refractivity contribution in [2.24, 2.45) is 10.9 Å². The largest absolute Gasteiger partial charge is 0.508 e. The summed E-state index contributed by atoms with van der Waals surface area (Å²) >= 11 is 0. The predicted molar refractivity (Wildman–Crippen MR) is 103 cm³/mol. The van der Waals surface area contributed by atoms with E-state index in [0.717, 1.165) is 37.6 Å². The summed E-state index contributed by atoms with van der Waals surface area (Å²) in [7, 11) is 0. The molecule has 4 nitrogen and oxygen atoms in total. The molecule has 4 heteroatoms. The second-order valence-electron chi connectivity index (χ2n) is 6.63. The fourth-order valence-corrected chi connectivity index (χ4v) is 3.33. The molecule has 132 valence electrons. The van der Waals surface area contributed by atoms with Crippen molar-refractivity contribution in [1.82, 2.24) is 10.2 Å². The lowest BCUT2D eigenvalue weighted by atomic mass is 9.99. The predicted octanol–water partition coefficient (Wildman–Crippen LogP) is 3.42. The molecular weight excluding hydrogens is 310 g/mol. The molecule has 1 heterocycles. The Morgan fingerprint density at radius 1 is 1.12 bits per heavy atom. The summed E-state index contributed by atoms with van der Waals surface area (Å²) in [5.74, 6) is 1.97. The highest BCUT2D eigenvalue weighted by atomic mass is 16.3. The number of nitrogens with zero attached hydrogens (tertiary/aromatic N) is 2. The van der Waals surface area contributed by atoms with E-state index in [-0.39, 0.29) is 0 Å². The molecule has 1 unspecified atom stereocenters. The van der Waals surface area contributed by atoms with E-state index in [1.54, 1.807) is 12.1 Å². The minimum Gasteiger partial charge on any atom is -0.508 e. The lowest BCUT2D eigenvalue weighted by Gasteiger charge is -2.21. The first-order valence-electron chi connectivity index (χ1n) is 9.09. The molecule has 1 fully saturated rings. The molecule has 1 aliphatic heterocycles. The summed E-state index contributed by atoms with van der Waals surface area (Å²) in [5, 5.41) is 12.8. The fraction of sp³-hybridized carbons (Fsp3) is 0.381. The molecule has 3 rings (SSSR count). The van der Waals surface area contributed by atoms with Crippen molar-refractivity contribution in [3.8, 4) is 5.75 Å². The Morgan fingerprint density at radius 3 is 2.60 bits per heavy atom. The number of phenolic OH excluding ortho intramolecular Hbond substituents is 1. The maximum atomic E-state index is 9.38. The molecule has 25 heavy (non-hydrogen) atoms. The van der Waals surface area contributed by atoms with E-state index in [1.807, 2.05) is 12.1 Å². The van der Waals surface area contributed by atoms with E-state index in [4.69, 9.17) is 4.99 Å². The van der Waals surface area contributed by atoms with Crippen LogP contribution in [0.25, 0.3) is 0 Å². The number of hydrogen-bond donors (Lipinski definition) is 2. The van der Waals surface area contributed by atoms with Gasteiger partial charge >= 0.3 is 0 Å². The average Bonchev–Trinajstić information content (AvgIpc) is 3.09. The van der Waals surface area contributed by atoms with E-state index in [1.165, 1.54) is 12.0 Å². The molecule has 0 amide bonds. The molecule has 1 aliphatic rings. The molecule has 0 aliphatic carbocycles. The number of phenols is 1. The third kappa shape index (κ3) is 4.99. The number of likely N-dealkylation sites (tertiary alicyclic amines) is 1. The van der Waals surface area contributed by atoms with Gasteiger partial charge in [0.2, 0.25) is 0 Å². The van der Waals surface area contributed by atoms with E-state index < -0.39 is 0 Å². The van der Waals surface area contributed by atoms with Crippen LogP contribution >= 0.6 is 0 Å². The van der Waals surface area contributed by atoms with Crippen LogP contribution in [0.15, 0.2) is 59.6 Å². The van der Waals surface area contributed by atoms with Gasteiger partial charge in [0.1, 0.15) is 5.75 Å². The zero-order chi connectivity index (χ0) is 17.5. The number of aliphatic imine (C=N–C) groups is 1. The molecule has 0 spiro atoms. The topological polar surface area (TPSA) is 47.9 Å². The molecule has 2 aromatic rings. The fourth-order valence-electron chi connectivity index (χ4n) is 3.33. The standard InChI is InChI=1S/C21H27N3O/c1-2-22-21(23-15-18-8-10-20(25)11-9-18)24-13-12-19(16-24)14-17-6-4-3-5-7-17/h3-11,19,25H,2,12-16H2,1H3,(H,22,23). The van der Waals surface area contributed by atoms with Crippen molar-refractivity contribution in [1.29, 1.82) is 0 Å². The van der Waals surface area contributed by atoms with Crippen molar-refractivity contribution < 1.29 is 5.11 Å². The Bertz CT molecular complexity index is 682. The zero-order valence-corrected chi connectivity index (χ0v) is 14.9. The number of nitrogens with one attached hydrogen (secondary N) is 1. The van der Waals surface area contributed by atoms with E-state index >= 15 is 0 Å². The Kier molecular flexibility index (Phi) is 5.94. The normalized spacial score (nSPS) is 17.7. The maximum Gasteiger partial charge on any atom is 0.194 e. The second kappa shape index (κ2) is 8.56. The maximum absolute atomic E-state index is 9.38. The summed E-state index contributed by atoms with van der Waals surface area (Å²) in [6.07, 6.45) is 2.34. The van der Waals surface area contributed by atoms with Gasteiger partial charge in [0.05, 0.1) is 6.54 Å². The lowest BCUT2D eigenvalue weighted by molar-refractivity contribution is 0.460. The lowest BCUT2D eigenvalue weighted by Crippen LogP contribution is -2.40. The van der Waals surface area contributed by atoms with Crippen molar-refractivity contribution in [2.75, 3.05) is 19.6 Å². The van der Waals surface area contributed by atoms with Crippen molar-refractivity contribution >= 4 is 5.96 Å². The van der Waals surface area contributed by atoms with Gasteiger partial charge in [-0.3, -0.25) is 0 Å². The molecule has 2 aromatic carbocycles. The number of hydrogen-bond acceptors (Lipinski definition) is 2. The summed E-state index contributed by atoms with van der Waals surface area (Å²) in [6.45, 7) is 5.71. The first-order chi connectivity index (χ1) is 12.2. The molecular formula is C21H27N3O. The third-order valence-corrected chi connectivity index (χ3v) is 4.64. The van der Waals surface area contributed by atoms with Crippen LogP contribution in [0.3, 0.4) is 0 Å². The monoisotopic (exact) mass is 337 g/mol. The smallest absolute Gasteiger partial charge is 0.194 e. The number of benzene rings is 2. The van der Waals surface area contributed by atoms with E-state index in [0.29, 0.717) is 18.2 Å². The Morgan fingerprint density at radius 2 is 1.88 bits per heavy atom. The van der Waals surface area contributed by atoms with Gasteiger partial charge in [0.15, 0.2) is 5.96 Å². The molecule has 0 saturated carbocycles. The van der Waals surface area contributed by atoms with Gasteiger partial charge in [-0.2, -0.15) is 0 Å². The van der Waals surface area contributed by atoms with Crippen molar-refractivity contribution in [3.63, 3.8) is 0 Å². The number of guanidine groups is 1. The molecule has 0 bridgehead atoms. The van der Waals surface area contributed by atoms with Crippen LogP contribution in [-0.2, 0) is 13.0 Å². The molecule has 1 atom stereocenters. The Hall–Kier alpha value is -2.49. The third-order valence-electron chi connectivity index (χ3n) is 4.64. The van der Waals surface area contributed by atoms with Crippen LogP contribution in [0.1, 0.15) is 24.5 Å². The van der Waals surface area contributed by atoms with Gasteiger partial charge in [-0.15, -0.1) is 0 Å². The molecule has 0 aromatic heterocycles. The zero-order valence-electron chi connectivity index (χ0n) is 14.9. The van der Waals surface area contributed by atoms with Gasteiger partial charge in [-0.05, 0) is 48.9 Å². The summed E-state index contributed by atoms with van der Waals surface area (Å²) in [6, 6.07) is 18.0. The minimum atomic E-state index is 0.294. The highest BCUT2D eigenvalue weighted by molar-refractivity contribution is 5.80. The van der Waals surface area contributed by atoms with E-state index in [2.05, 4.69) is 47.5 Å². The summed E-state index contributed by atoms with van der Waals surface area (Å²) in [4.78, 5) is 7.16. The molecule has 1 saturated heterocycles. The van der Waals surface area contributed by atoms with Gasteiger partial charge in [-0.1, -0.05) is 42.5 Å².